The molecule has 3 atom stereocenters. The van der Waals surface area contributed by atoms with Crippen LogP contribution in [0.25, 0.3) is 0 Å². The van der Waals surface area contributed by atoms with Crippen LogP contribution in [0.4, 0.5) is 0 Å². The van der Waals surface area contributed by atoms with Crippen LogP contribution in [-0.4, -0.2) is 12.7 Å². The Morgan fingerprint density at radius 3 is 2.82 bits per heavy atom. The largest absolute Gasteiger partial charge is 0.378 e. The van der Waals surface area contributed by atoms with Gasteiger partial charge in [0.1, 0.15) is 0 Å². The molecule has 66 valence electrons. The molecule has 1 saturated heterocycles. The molecule has 0 aromatic rings. The fourth-order valence-electron chi connectivity index (χ4n) is 1.66. The van der Waals surface area contributed by atoms with Crippen LogP contribution in [0.15, 0.2) is 0 Å². The highest BCUT2D eigenvalue weighted by Crippen LogP contribution is 2.25. The highest BCUT2D eigenvalue weighted by molar-refractivity contribution is 4.72. The predicted octanol–water partition coefficient (Wildman–Crippen LogP) is 2.85. The standard InChI is InChI=1S/C10H20O/c1-4-9(3)10-7-8(2)5-6-11-10/h8-10H,4-7H2,1-3H3/t8?,9-,10?/m0/s1. The van der Waals surface area contributed by atoms with Crippen LogP contribution in [0.1, 0.15) is 40.0 Å². The summed E-state index contributed by atoms with van der Waals surface area (Å²) in [6.07, 6.45) is 4.32. The van der Waals surface area contributed by atoms with Crippen molar-refractivity contribution in [1.82, 2.24) is 0 Å². The zero-order valence-electron chi connectivity index (χ0n) is 7.97. The number of hydrogen-bond donors (Lipinski definition) is 0. The zero-order chi connectivity index (χ0) is 8.27. The highest BCUT2D eigenvalue weighted by Gasteiger charge is 2.23. The second kappa shape index (κ2) is 4.10. The third-order valence-corrected chi connectivity index (χ3v) is 2.86. The summed E-state index contributed by atoms with van der Waals surface area (Å²) in [6, 6.07) is 0. The molecule has 0 N–H and O–H groups in total. The maximum Gasteiger partial charge on any atom is 0.0603 e. The second-order valence-corrected chi connectivity index (χ2v) is 3.92. The fraction of sp³-hybridized carbons (Fsp3) is 1.00. The Hall–Kier alpha value is -0.0400. The van der Waals surface area contributed by atoms with Gasteiger partial charge < -0.3 is 4.74 Å². The first-order valence-corrected chi connectivity index (χ1v) is 4.85. The molecule has 0 amide bonds. The van der Waals surface area contributed by atoms with E-state index in [2.05, 4.69) is 20.8 Å². The third kappa shape index (κ3) is 2.48. The second-order valence-electron chi connectivity index (χ2n) is 3.92. The molecular formula is C10H20O. The average molecular weight is 156 g/mol. The Kier molecular flexibility index (Phi) is 3.38. The molecule has 1 heteroatoms. The maximum atomic E-state index is 5.70. The first kappa shape index (κ1) is 9.05. The smallest absolute Gasteiger partial charge is 0.0603 e. The quantitative estimate of drug-likeness (QED) is 0.597. The molecule has 1 aliphatic heterocycles. The molecule has 1 aliphatic rings. The van der Waals surface area contributed by atoms with Gasteiger partial charge in [0.2, 0.25) is 0 Å². The molecular weight excluding hydrogens is 136 g/mol. The molecule has 0 aromatic heterocycles. The van der Waals surface area contributed by atoms with Crippen LogP contribution in [0.5, 0.6) is 0 Å². The van der Waals surface area contributed by atoms with Gasteiger partial charge in [0.25, 0.3) is 0 Å². The molecule has 1 fully saturated rings. The van der Waals surface area contributed by atoms with E-state index < -0.39 is 0 Å². The normalized spacial score (nSPS) is 35.2. The lowest BCUT2D eigenvalue weighted by atomic mass is 9.89. The lowest BCUT2D eigenvalue weighted by Gasteiger charge is -2.31. The van der Waals surface area contributed by atoms with Gasteiger partial charge in [-0.15, -0.1) is 0 Å². The molecule has 0 saturated carbocycles. The Bertz CT molecular complexity index is 111. The van der Waals surface area contributed by atoms with E-state index in [1.54, 1.807) is 0 Å². The van der Waals surface area contributed by atoms with Crippen LogP contribution in [-0.2, 0) is 4.74 Å². The van der Waals surface area contributed by atoms with Crippen LogP contribution < -0.4 is 0 Å². The van der Waals surface area contributed by atoms with Crippen molar-refractivity contribution in [2.45, 2.75) is 46.1 Å². The molecule has 1 heterocycles. The zero-order valence-corrected chi connectivity index (χ0v) is 7.97. The number of hydrogen-bond acceptors (Lipinski definition) is 1. The lowest BCUT2D eigenvalue weighted by Crippen LogP contribution is -2.29. The Morgan fingerprint density at radius 2 is 2.27 bits per heavy atom. The fourth-order valence-corrected chi connectivity index (χ4v) is 1.66. The maximum absolute atomic E-state index is 5.70. The van der Waals surface area contributed by atoms with E-state index in [-0.39, 0.29) is 0 Å². The molecule has 0 spiro atoms. The summed E-state index contributed by atoms with van der Waals surface area (Å²) in [6.45, 7) is 7.85. The van der Waals surface area contributed by atoms with Gasteiger partial charge in [-0.05, 0) is 24.7 Å². The summed E-state index contributed by atoms with van der Waals surface area (Å²) in [5, 5.41) is 0. The first-order chi connectivity index (χ1) is 5.24. The average Bonchev–Trinajstić information content (AvgIpc) is 2.03. The summed E-state index contributed by atoms with van der Waals surface area (Å²) >= 11 is 0. The summed E-state index contributed by atoms with van der Waals surface area (Å²) in [5.41, 5.74) is 0. The summed E-state index contributed by atoms with van der Waals surface area (Å²) in [4.78, 5) is 0. The molecule has 1 rings (SSSR count). The van der Waals surface area contributed by atoms with Gasteiger partial charge in [0.05, 0.1) is 6.10 Å². The monoisotopic (exact) mass is 156 g/mol. The molecule has 1 nitrogen and oxygen atoms in total. The van der Waals surface area contributed by atoms with Crippen molar-refractivity contribution < 1.29 is 4.74 Å². The summed E-state index contributed by atoms with van der Waals surface area (Å²) in [7, 11) is 0. The van der Waals surface area contributed by atoms with Crippen LogP contribution in [0, 0.1) is 11.8 Å². The van der Waals surface area contributed by atoms with E-state index in [0.29, 0.717) is 6.10 Å². The number of rotatable bonds is 2. The molecule has 2 unspecified atom stereocenters. The van der Waals surface area contributed by atoms with Crippen LogP contribution >= 0.6 is 0 Å². The minimum atomic E-state index is 0.545. The predicted molar refractivity (Wildman–Crippen MR) is 47.6 cm³/mol. The van der Waals surface area contributed by atoms with Gasteiger partial charge in [-0.3, -0.25) is 0 Å². The van der Waals surface area contributed by atoms with Crippen molar-refractivity contribution in [3.05, 3.63) is 0 Å². The van der Waals surface area contributed by atoms with Gasteiger partial charge in [-0.2, -0.15) is 0 Å². The molecule has 0 bridgehead atoms. The summed E-state index contributed by atoms with van der Waals surface area (Å²) in [5.74, 6) is 1.63. The molecule has 0 aliphatic carbocycles. The third-order valence-electron chi connectivity index (χ3n) is 2.86. The van der Waals surface area contributed by atoms with Gasteiger partial charge >= 0.3 is 0 Å². The van der Waals surface area contributed by atoms with Gasteiger partial charge in [0.15, 0.2) is 0 Å². The van der Waals surface area contributed by atoms with E-state index in [1.807, 2.05) is 0 Å². The van der Waals surface area contributed by atoms with E-state index in [0.717, 1.165) is 18.4 Å². The first-order valence-electron chi connectivity index (χ1n) is 4.85. The summed E-state index contributed by atoms with van der Waals surface area (Å²) < 4.78 is 5.70. The minimum Gasteiger partial charge on any atom is -0.378 e. The molecule has 0 radical (unpaired) electrons. The Morgan fingerprint density at radius 1 is 1.55 bits per heavy atom. The van der Waals surface area contributed by atoms with Crippen molar-refractivity contribution >= 4 is 0 Å². The van der Waals surface area contributed by atoms with E-state index >= 15 is 0 Å². The van der Waals surface area contributed by atoms with Crippen molar-refractivity contribution in [2.24, 2.45) is 11.8 Å². The lowest BCUT2D eigenvalue weighted by molar-refractivity contribution is -0.0354. The van der Waals surface area contributed by atoms with Crippen LogP contribution in [0.2, 0.25) is 0 Å². The van der Waals surface area contributed by atoms with E-state index in [9.17, 15) is 0 Å². The van der Waals surface area contributed by atoms with Gasteiger partial charge in [-0.25, -0.2) is 0 Å². The van der Waals surface area contributed by atoms with Crippen molar-refractivity contribution in [1.29, 1.82) is 0 Å². The van der Waals surface area contributed by atoms with Crippen molar-refractivity contribution in [2.75, 3.05) is 6.61 Å². The van der Waals surface area contributed by atoms with Crippen molar-refractivity contribution in [3.63, 3.8) is 0 Å². The Labute approximate surface area is 70.1 Å². The highest BCUT2D eigenvalue weighted by atomic mass is 16.5. The van der Waals surface area contributed by atoms with Gasteiger partial charge in [-0.1, -0.05) is 27.2 Å². The van der Waals surface area contributed by atoms with Gasteiger partial charge in [0, 0.05) is 6.61 Å². The SMILES string of the molecule is CC[C@H](C)C1CC(C)CCO1. The molecule has 0 aromatic carbocycles. The van der Waals surface area contributed by atoms with E-state index in [4.69, 9.17) is 4.74 Å². The minimum absolute atomic E-state index is 0.545. The topological polar surface area (TPSA) is 9.23 Å². The number of ether oxygens (including phenoxy) is 1. The van der Waals surface area contributed by atoms with E-state index in [1.165, 1.54) is 19.3 Å². The molecule has 11 heavy (non-hydrogen) atoms. The van der Waals surface area contributed by atoms with Crippen LogP contribution in [0.3, 0.4) is 0 Å². The van der Waals surface area contributed by atoms with Crippen molar-refractivity contribution in [3.8, 4) is 0 Å². The Balaban J connectivity index is 2.33.